The van der Waals surface area contributed by atoms with E-state index in [0.717, 1.165) is 18.3 Å². The third-order valence-corrected chi connectivity index (χ3v) is 8.44. The van der Waals surface area contributed by atoms with Gasteiger partial charge in [-0.25, -0.2) is 0 Å². The molecular weight excluding hydrogens is 558 g/mol. The van der Waals surface area contributed by atoms with Crippen molar-refractivity contribution in [3.63, 3.8) is 0 Å². The SMILES string of the molecule is COc1c(NC(=O)CSc2cc(C(C)(C)C)ccc2C)cc(Br)c(Br)c1Br. The van der Waals surface area contributed by atoms with E-state index >= 15 is 0 Å². The lowest BCUT2D eigenvalue weighted by molar-refractivity contribution is -0.113. The molecule has 7 heteroatoms. The number of aryl methyl sites for hydroxylation is 1. The van der Waals surface area contributed by atoms with Gasteiger partial charge in [-0.05, 0) is 83.4 Å². The Morgan fingerprint density at radius 3 is 2.41 bits per heavy atom. The molecule has 2 rings (SSSR count). The van der Waals surface area contributed by atoms with Gasteiger partial charge in [-0.1, -0.05) is 32.9 Å². The highest BCUT2D eigenvalue weighted by atomic mass is 79.9. The lowest BCUT2D eigenvalue weighted by Gasteiger charge is -2.20. The fourth-order valence-electron chi connectivity index (χ4n) is 2.42. The van der Waals surface area contributed by atoms with Crippen molar-refractivity contribution >= 4 is 71.1 Å². The molecule has 0 bridgehead atoms. The Labute approximate surface area is 190 Å². The quantitative estimate of drug-likeness (QED) is 0.298. The van der Waals surface area contributed by atoms with Crippen LogP contribution < -0.4 is 10.1 Å². The van der Waals surface area contributed by atoms with Gasteiger partial charge in [0.25, 0.3) is 0 Å². The third-order valence-electron chi connectivity index (χ3n) is 4.01. The molecule has 0 aliphatic heterocycles. The Morgan fingerprint density at radius 1 is 1.15 bits per heavy atom. The van der Waals surface area contributed by atoms with Gasteiger partial charge in [-0.3, -0.25) is 4.79 Å². The van der Waals surface area contributed by atoms with Gasteiger partial charge in [0.05, 0.1) is 23.0 Å². The Hall–Kier alpha value is -0.500. The van der Waals surface area contributed by atoms with Crippen LogP contribution in [-0.4, -0.2) is 18.8 Å². The number of thioether (sulfide) groups is 1. The molecule has 0 aliphatic carbocycles. The molecule has 1 amide bonds. The van der Waals surface area contributed by atoms with Crippen LogP contribution in [0.1, 0.15) is 31.9 Å². The molecule has 2 aromatic carbocycles. The molecule has 146 valence electrons. The van der Waals surface area contributed by atoms with Gasteiger partial charge in [0.15, 0.2) is 5.75 Å². The number of hydrogen-bond donors (Lipinski definition) is 1. The second-order valence-corrected chi connectivity index (χ2v) is 10.6. The maximum absolute atomic E-state index is 12.5. The van der Waals surface area contributed by atoms with Crippen LogP contribution in [0.2, 0.25) is 0 Å². The first-order chi connectivity index (χ1) is 12.5. The van der Waals surface area contributed by atoms with Gasteiger partial charge in [0.2, 0.25) is 5.91 Å². The van der Waals surface area contributed by atoms with Gasteiger partial charge >= 0.3 is 0 Å². The van der Waals surface area contributed by atoms with Crippen molar-refractivity contribution < 1.29 is 9.53 Å². The van der Waals surface area contributed by atoms with Crippen LogP contribution in [0.4, 0.5) is 5.69 Å². The fourth-order valence-corrected chi connectivity index (χ4v) is 4.86. The first-order valence-corrected chi connectivity index (χ1v) is 11.7. The molecule has 1 N–H and O–H groups in total. The van der Waals surface area contributed by atoms with Crippen molar-refractivity contribution in [1.29, 1.82) is 0 Å². The number of methoxy groups -OCH3 is 1. The number of halogens is 3. The van der Waals surface area contributed by atoms with E-state index in [4.69, 9.17) is 4.74 Å². The minimum atomic E-state index is -0.0833. The molecular formula is C20H22Br3NO2S. The van der Waals surface area contributed by atoms with Gasteiger partial charge in [0.1, 0.15) is 0 Å². The van der Waals surface area contributed by atoms with E-state index in [1.165, 1.54) is 11.1 Å². The topological polar surface area (TPSA) is 38.3 Å². The van der Waals surface area contributed by atoms with Crippen molar-refractivity contribution in [2.45, 2.75) is 38.0 Å². The summed E-state index contributed by atoms with van der Waals surface area (Å²) in [6, 6.07) is 8.27. The van der Waals surface area contributed by atoms with E-state index in [2.05, 4.69) is 99.0 Å². The van der Waals surface area contributed by atoms with Crippen LogP contribution in [0.5, 0.6) is 5.75 Å². The molecule has 3 nitrogen and oxygen atoms in total. The second-order valence-electron chi connectivity index (χ2n) is 7.13. The van der Waals surface area contributed by atoms with Gasteiger partial charge in [0, 0.05) is 13.8 Å². The average Bonchev–Trinajstić information content (AvgIpc) is 2.58. The Bertz CT molecular complexity index is 863. The number of hydrogen-bond acceptors (Lipinski definition) is 3. The molecule has 0 heterocycles. The lowest BCUT2D eigenvalue weighted by atomic mass is 9.87. The van der Waals surface area contributed by atoms with Gasteiger partial charge in [-0.15, -0.1) is 11.8 Å². The summed E-state index contributed by atoms with van der Waals surface area (Å²) in [4.78, 5) is 13.7. The lowest BCUT2D eigenvalue weighted by Crippen LogP contribution is -2.15. The number of ether oxygens (including phenoxy) is 1. The van der Waals surface area contributed by atoms with Crippen molar-refractivity contribution in [3.8, 4) is 5.75 Å². The number of anilines is 1. The monoisotopic (exact) mass is 577 g/mol. The summed E-state index contributed by atoms with van der Waals surface area (Å²) >= 11 is 12.0. The first kappa shape index (κ1) is 22.8. The minimum Gasteiger partial charge on any atom is -0.493 e. The van der Waals surface area contributed by atoms with E-state index in [1.807, 2.05) is 6.07 Å². The molecule has 0 aliphatic rings. The summed E-state index contributed by atoms with van der Waals surface area (Å²) in [6.45, 7) is 8.63. The van der Waals surface area contributed by atoms with Crippen LogP contribution >= 0.6 is 59.6 Å². The Kier molecular flexibility index (Phi) is 7.88. The van der Waals surface area contributed by atoms with Crippen LogP contribution in [0.25, 0.3) is 0 Å². The maximum atomic E-state index is 12.5. The van der Waals surface area contributed by atoms with Crippen LogP contribution in [0, 0.1) is 6.92 Å². The second kappa shape index (κ2) is 9.33. The highest BCUT2D eigenvalue weighted by Gasteiger charge is 2.18. The predicted molar refractivity (Wildman–Crippen MR) is 125 cm³/mol. The molecule has 0 unspecified atom stereocenters. The normalized spacial score (nSPS) is 11.4. The molecule has 0 aromatic heterocycles. The van der Waals surface area contributed by atoms with E-state index in [9.17, 15) is 4.79 Å². The summed E-state index contributed by atoms with van der Waals surface area (Å²) < 4.78 is 7.84. The highest BCUT2D eigenvalue weighted by molar-refractivity contribution is 9.14. The Morgan fingerprint density at radius 2 is 1.81 bits per heavy atom. The number of rotatable bonds is 5. The molecule has 0 radical (unpaired) electrons. The maximum Gasteiger partial charge on any atom is 0.234 e. The summed E-state index contributed by atoms with van der Waals surface area (Å²) in [5.74, 6) is 0.817. The molecule has 27 heavy (non-hydrogen) atoms. The van der Waals surface area contributed by atoms with Crippen molar-refractivity contribution in [2.24, 2.45) is 0 Å². The van der Waals surface area contributed by atoms with Crippen molar-refractivity contribution in [3.05, 3.63) is 48.8 Å². The smallest absolute Gasteiger partial charge is 0.234 e. The van der Waals surface area contributed by atoms with Crippen molar-refractivity contribution in [2.75, 3.05) is 18.2 Å². The number of carbonyl (C=O) groups excluding carboxylic acids is 1. The number of carbonyl (C=O) groups is 1. The molecule has 0 fully saturated rings. The zero-order chi connectivity index (χ0) is 20.4. The largest absolute Gasteiger partial charge is 0.493 e. The van der Waals surface area contributed by atoms with E-state index in [1.54, 1.807) is 18.9 Å². The van der Waals surface area contributed by atoms with Crippen LogP contribution in [0.15, 0.2) is 42.6 Å². The fraction of sp³-hybridized carbons (Fsp3) is 0.350. The Balaban J connectivity index is 2.14. The number of benzene rings is 2. The summed E-state index contributed by atoms with van der Waals surface area (Å²) in [5, 5.41) is 2.94. The average molecular weight is 580 g/mol. The van der Waals surface area contributed by atoms with Gasteiger partial charge < -0.3 is 10.1 Å². The summed E-state index contributed by atoms with van der Waals surface area (Å²) in [7, 11) is 1.58. The molecule has 0 saturated carbocycles. The zero-order valence-electron chi connectivity index (χ0n) is 15.9. The molecule has 0 spiro atoms. The van der Waals surface area contributed by atoms with E-state index < -0.39 is 0 Å². The number of amides is 1. The zero-order valence-corrected chi connectivity index (χ0v) is 21.4. The number of nitrogens with one attached hydrogen (secondary N) is 1. The third kappa shape index (κ3) is 5.75. The first-order valence-electron chi connectivity index (χ1n) is 8.30. The van der Waals surface area contributed by atoms with Crippen LogP contribution in [-0.2, 0) is 10.2 Å². The summed E-state index contributed by atoms with van der Waals surface area (Å²) in [5.41, 5.74) is 3.13. The molecule has 2 aromatic rings. The highest BCUT2D eigenvalue weighted by Crippen LogP contribution is 2.43. The van der Waals surface area contributed by atoms with E-state index in [0.29, 0.717) is 17.2 Å². The predicted octanol–water partition coefficient (Wildman–Crippen LogP) is 7.32. The van der Waals surface area contributed by atoms with E-state index in [-0.39, 0.29) is 11.3 Å². The van der Waals surface area contributed by atoms with Crippen molar-refractivity contribution in [1.82, 2.24) is 0 Å². The summed E-state index contributed by atoms with van der Waals surface area (Å²) in [6.07, 6.45) is 0. The molecule has 0 saturated heterocycles. The van der Waals surface area contributed by atoms with Crippen LogP contribution in [0.3, 0.4) is 0 Å². The minimum absolute atomic E-state index is 0.0780. The van der Waals surface area contributed by atoms with Gasteiger partial charge in [-0.2, -0.15) is 0 Å². The standard InChI is InChI=1S/C20H22Br3NO2S/c1-11-6-7-12(20(2,3)4)8-15(11)27-10-16(25)24-14-9-13(21)17(22)18(23)19(14)26-5/h6-9H,10H2,1-5H3,(H,24,25). The molecule has 0 atom stereocenters.